The van der Waals surface area contributed by atoms with Crippen molar-refractivity contribution in [3.63, 3.8) is 0 Å². The van der Waals surface area contributed by atoms with Crippen LogP contribution >= 0.6 is 0 Å². The van der Waals surface area contributed by atoms with Crippen molar-refractivity contribution in [3.05, 3.63) is 95.8 Å². The molecule has 6 atom stereocenters. The average molecular weight is 695 g/mol. The highest BCUT2D eigenvalue weighted by atomic mass is 28.3. The van der Waals surface area contributed by atoms with Crippen molar-refractivity contribution < 1.29 is 24.2 Å². The molecule has 1 unspecified atom stereocenters. The number of nitrogens with one attached hydrogen (secondary N) is 3. The van der Waals surface area contributed by atoms with Crippen molar-refractivity contribution in [1.82, 2.24) is 20.3 Å². The van der Waals surface area contributed by atoms with Crippen LogP contribution in [0.3, 0.4) is 0 Å². The minimum absolute atomic E-state index is 0.0473. The lowest BCUT2D eigenvalue weighted by atomic mass is 9.82. The number of carbonyl (C=O) groups excluding carboxylic acids is 2. The number of aromatic nitrogens is 3. The van der Waals surface area contributed by atoms with Crippen LogP contribution in [0.1, 0.15) is 48.9 Å². The highest BCUT2D eigenvalue weighted by molar-refractivity contribution is 6.91. The van der Waals surface area contributed by atoms with E-state index in [2.05, 4.69) is 58.4 Å². The third-order valence-corrected chi connectivity index (χ3v) is 15.5. The lowest BCUT2D eigenvalue weighted by Crippen LogP contribution is -2.51. The molecule has 4 aromatic rings. The second-order valence-electron chi connectivity index (χ2n) is 14.4. The molecule has 7 rings (SSSR count). The first-order valence-electron chi connectivity index (χ1n) is 17.5. The zero-order valence-corrected chi connectivity index (χ0v) is 30.1. The monoisotopic (exact) mass is 694 g/mol. The first-order valence-corrected chi connectivity index (χ1v) is 20.6. The topological polar surface area (TPSA) is 140 Å². The quantitative estimate of drug-likeness (QED) is 0.170. The lowest BCUT2D eigenvalue weighted by molar-refractivity contribution is -0.143. The molecule has 3 aromatic carbocycles. The number of hydrogen-bond donors (Lipinski definition) is 4. The van der Waals surface area contributed by atoms with Crippen LogP contribution in [0.4, 0.5) is 11.4 Å². The summed E-state index contributed by atoms with van der Waals surface area (Å²) in [4.78, 5) is 27.2. The van der Waals surface area contributed by atoms with E-state index in [9.17, 15) is 14.7 Å². The van der Waals surface area contributed by atoms with Gasteiger partial charge in [0.15, 0.2) is 5.60 Å². The van der Waals surface area contributed by atoms with E-state index >= 15 is 0 Å². The first kappa shape index (κ1) is 34.1. The number of benzene rings is 3. The molecule has 262 valence electrons. The molecule has 12 heteroatoms. The van der Waals surface area contributed by atoms with E-state index in [1.54, 1.807) is 7.11 Å². The van der Waals surface area contributed by atoms with Crippen LogP contribution in [0, 0.1) is 5.92 Å². The number of rotatable bonds is 11. The Balaban J connectivity index is 1.21. The summed E-state index contributed by atoms with van der Waals surface area (Å²) in [6, 6.07) is 23.5. The average Bonchev–Trinajstić information content (AvgIpc) is 3.93. The van der Waals surface area contributed by atoms with Gasteiger partial charge in [0, 0.05) is 35.6 Å². The van der Waals surface area contributed by atoms with Gasteiger partial charge in [-0.2, -0.15) is 0 Å². The van der Waals surface area contributed by atoms with Crippen molar-refractivity contribution in [1.29, 1.82) is 0 Å². The van der Waals surface area contributed by atoms with Crippen molar-refractivity contribution in [2.24, 2.45) is 5.92 Å². The molecule has 0 radical (unpaired) electrons. The molecule has 4 heterocycles. The molecule has 50 heavy (non-hydrogen) atoms. The van der Waals surface area contributed by atoms with Crippen molar-refractivity contribution in [2.75, 3.05) is 30.9 Å². The van der Waals surface area contributed by atoms with Crippen LogP contribution in [-0.4, -0.2) is 72.4 Å². The fraction of sp³-hybridized carbons (Fsp3) is 0.421. The van der Waals surface area contributed by atoms with E-state index in [1.165, 1.54) is 5.19 Å². The Morgan fingerprint density at radius 2 is 1.94 bits per heavy atom. The second kappa shape index (κ2) is 13.7. The summed E-state index contributed by atoms with van der Waals surface area (Å²) in [6.45, 7) is 8.12. The van der Waals surface area contributed by atoms with E-state index < -0.39 is 13.7 Å². The predicted molar refractivity (Wildman–Crippen MR) is 194 cm³/mol. The van der Waals surface area contributed by atoms with Crippen LogP contribution in [0.5, 0.6) is 5.75 Å². The molecule has 0 saturated carbocycles. The van der Waals surface area contributed by atoms with Gasteiger partial charge in [0.05, 0.1) is 45.5 Å². The number of hydrogen-bond acceptors (Lipinski definition) is 8. The number of anilines is 2. The fourth-order valence-corrected chi connectivity index (χ4v) is 12.6. The van der Waals surface area contributed by atoms with Gasteiger partial charge in [-0.05, 0) is 67.2 Å². The standard InChI is InChI=1S/C38H46N6O5Si/c1-24-35(50(3,4)28-15-13-27(48-2)14-16-28)34(18-20-44-22-33(42-43-44)29(23-45)25-9-6-5-7-10-25)49-38(24)30-21-26(12-17-31(30)41-37(38)47)40-36(46)32-11-8-19-39-32/h5-7,9-10,12-17,21-22,24,29,32,34-35,39,45H,8,11,18-20,23H2,1-4H3,(H,40,46)(H,41,47)/t24-,29?,32+,34+,35-,38+/m0/s1. The summed E-state index contributed by atoms with van der Waals surface area (Å²) in [6.07, 6.45) is 4.00. The lowest BCUT2D eigenvalue weighted by Gasteiger charge is -2.37. The molecule has 2 amide bonds. The normalized spacial score (nSPS) is 25.0. The summed E-state index contributed by atoms with van der Waals surface area (Å²) in [7, 11) is -0.662. The number of carbonyl (C=O) groups is 2. The zero-order chi connectivity index (χ0) is 35.0. The smallest absolute Gasteiger partial charge is 0.261 e. The highest BCUT2D eigenvalue weighted by Crippen LogP contribution is 2.59. The van der Waals surface area contributed by atoms with Gasteiger partial charge in [0.1, 0.15) is 5.75 Å². The SMILES string of the molecule is COc1ccc([Si](C)(C)[C@@H]2[C@@H](CCn3cc(C(CO)c4ccccc4)nn3)O[C@]3(C(=O)Nc4ccc(NC(=O)[C@H]5CCCN5)cc43)[C@H]2C)cc1. The van der Waals surface area contributed by atoms with E-state index in [0.717, 1.165) is 36.3 Å². The third-order valence-electron chi connectivity index (χ3n) is 11.2. The molecular formula is C38H46N6O5Si. The maximum Gasteiger partial charge on any atom is 0.261 e. The Morgan fingerprint density at radius 1 is 1.16 bits per heavy atom. The molecule has 2 fully saturated rings. The van der Waals surface area contributed by atoms with Gasteiger partial charge in [0.25, 0.3) is 5.91 Å². The number of amides is 2. The molecule has 1 spiro atoms. The van der Waals surface area contributed by atoms with E-state index in [1.807, 2.05) is 71.5 Å². The summed E-state index contributed by atoms with van der Waals surface area (Å²) in [5.41, 5.74) is 2.61. The molecular weight excluding hydrogens is 649 g/mol. The van der Waals surface area contributed by atoms with Gasteiger partial charge in [-0.25, -0.2) is 0 Å². The number of methoxy groups -OCH3 is 1. The second-order valence-corrected chi connectivity index (χ2v) is 19.0. The molecule has 0 aliphatic carbocycles. The Hall–Kier alpha value is -4.36. The molecule has 1 aromatic heterocycles. The van der Waals surface area contributed by atoms with Gasteiger partial charge < -0.3 is 30.5 Å². The summed E-state index contributed by atoms with van der Waals surface area (Å²) in [5.74, 6) is 0.101. The van der Waals surface area contributed by atoms with E-state index in [-0.39, 0.29) is 47.9 Å². The summed E-state index contributed by atoms with van der Waals surface area (Å²) >= 11 is 0. The van der Waals surface area contributed by atoms with Gasteiger partial charge in [-0.3, -0.25) is 14.3 Å². The van der Waals surface area contributed by atoms with Crippen LogP contribution in [0.2, 0.25) is 18.6 Å². The van der Waals surface area contributed by atoms with E-state index in [4.69, 9.17) is 9.47 Å². The minimum atomic E-state index is -2.33. The molecule has 3 aliphatic heterocycles. The fourth-order valence-electron chi connectivity index (χ4n) is 8.51. The van der Waals surface area contributed by atoms with Gasteiger partial charge in [-0.15, -0.1) is 5.10 Å². The highest BCUT2D eigenvalue weighted by Gasteiger charge is 2.64. The first-order chi connectivity index (χ1) is 24.1. The Bertz CT molecular complexity index is 1840. The minimum Gasteiger partial charge on any atom is -0.497 e. The van der Waals surface area contributed by atoms with Crippen LogP contribution < -0.4 is 25.9 Å². The molecule has 0 bridgehead atoms. The molecule has 11 nitrogen and oxygen atoms in total. The van der Waals surface area contributed by atoms with Crippen LogP contribution in [0.25, 0.3) is 0 Å². The molecule has 2 saturated heterocycles. The van der Waals surface area contributed by atoms with Crippen molar-refractivity contribution in [3.8, 4) is 5.75 Å². The van der Waals surface area contributed by atoms with Gasteiger partial charge in [0.2, 0.25) is 5.91 Å². The third kappa shape index (κ3) is 6.04. The maximum absolute atomic E-state index is 14.2. The van der Waals surface area contributed by atoms with Crippen molar-refractivity contribution in [2.45, 2.75) is 75.0 Å². The van der Waals surface area contributed by atoms with Crippen LogP contribution in [-0.2, 0) is 26.5 Å². The van der Waals surface area contributed by atoms with Gasteiger partial charge in [-0.1, -0.05) is 72.9 Å². The van der Waals surface area contributed by atoms with E-state index in [0.29, 0.717) is 30.0 Å². The number of nitrogens with zero attached hydrogens (tertiary/aromatic N) is 3. The Kier molecular flexibility index (Phi) is 9.37. The number of aryl methyl sites for hydroxylation is 1. The largest absolute Gasteiger partial charge is 0.497 e. The molecule has 4 N–H and O–H groups in total. The zero-order valence-electron chi connectivity index (χ0n) is 29.1. The summed E-state index contributed by atoms with van der Waals surface area (Å²) in [5, 5.41) is 29.8. The number of aliphatic hydroxyl groups excluding tert-OH is 1. The number of aliphatic hydroxyl groups is 1. The Morgan fingerprint density at radius 3 is 2.64 bits per heavy atom. The predicted octanol–water partition coefficient (Wildman–Crippen LogP) is 4.36. The van der Waals surface area contributed by atoms with Gasteiger partial charge >= 0.3 is 0 Å². The summed E-state index contributed by atoms with van der Waals surface area (Å²) < 4.78 is 14.4. The molecule has 3 aliphatic rings. The number of fused-ring (bicyclic) bond motifs is 2. The maximum atomic E-state index is 14.2. The Labute approximate surface area is 293 Å². The number of ether oxygens (including phenoxy) is 2. The van der Waals surface area contributed by atoms with Crippen LogP contribution in [0.15, 0.2) is 79.0 Å². The van der Waals surface area contributed by atoms with Crippen molar-refractivity contribution >= 4 is 36.4 Å².